The zero-order valence-electron chi connectivity index (χ0n) is 22.5. The highest BCUT2D eigenvalue weighted by Crippen LogP contribution is 2.54. The molecule has 4 aromatic carbocycles. The number of benzene rings is 4. The molecule has 2 nitrogen and oxygen atoms in total. The molecular weight excluding hydrogens is 436 g/mol. The normalized spacial score (nSPS) is 14.3. The van der Waals surface area contributed by atoms with Crippen LogP contribution in [0.5, 0.6) is 0 Å². The molecule has 0 radical (unpaired) electrons. The van der Waals surface area contributed by atoms with Gasteiger partial charge in [0.25, 0.3) is 0 Å². The minimum Gasteiger partial charge on any atom is -0.306 e. The van der Waals surface area contributed by atoms with Crippen molar-refractivity contribution in [1.29, 1.82) is 0 Å². The van der Waals surface area contributed by atoms with E-state index in [4.69, 9.17) is 0 Å². The molecule has 0 aromatic heterocycles. The summed E-state index contributed by atoms with van der Waals surface area (Å²) in [6.45, 7) is 14.1. The van der Waals surface area contributed by atoms with Gasteiger partial charge < -0.3 is 9.80 Å². The topological polar surface area (TPSA) is 6.48 Å². The van der Waals surface area contributed by atoms with E-state index in [9.17, 15) is 0 Å². The first-order chi connectivity index (χ1) is 17.1. The lowest BCUT2D eigenvalue weighted by Crippen LogP contribution is -2.25. The largest absolute Gasteiger partial charge is 0.306 e. The summed E-state index contributed by atoms with van der Waals surface area (Å²) in [6, 6.07) is 37.4. The van der Waals surface area contributed by atoms with Gasteiger partial charge in [-0.3, -0.25) is 0 Å². The molecule has 0 amide bonds. The summed E-state index contributed by atoms with van der Waals surface area (Å²) >= 11 is 0. The van der Waals surface area contributed by atoms with Gasteiger partial charge in [0.15, 0.2) is 0 Å². The number of hydrogen-bond donors (Lipinski definition) is 0. The van der Waals surface area contributed by atoms with Crippen LogP contribution >= 0.6 is 0 Å². The third-order valence-electron chi connectivity index (χ3n) is 7.16. The van der Waals surface area contributed by atoms with Gasteiger partial charge in [-0.25, -0.2) is 0 Å². The Morgan fingerprint density at radius 2 is 0.889 bits per heavy atom. The maximum atomic E-state index is 2.41. The smallest absolute Gasteiger partial charge is 0.0703 e. The van der Waals surface area contributed by atoms with E-state index in [1.54, 1.807) is 0 Å². The quantitative estimate of drug-likeness (QED) is 0.255. The van der Waals surface area contributed by atoms with E-state index in [2.05, 4.69) is 154 Å². The summed E-state index contributed by atoms with van der Waals surface area (Å²) in [5.41, 5.74) is 9.02. The van der Waals surface area contributed by atoms with E-state index in [1.807, 2.05) is 0 Å². The van der Waals surface area contributed by atoms with Crippen LogP contribution in [0.3, 0.4) is 0 Å². The van der Waals surface area contributed by atoms with E-state index in [1.165, 1.54) is 39.7 Å². The Kier molecular flexibility index (Phi) is 6.16. The fraction of sp³-hybridized carbons (Fsp3) is 0.294. The molecule has 184 valence electrons. The minimum absolute atomic E-state index is 0.204. The predicted molar refractivity (Wildman–Crippen MR) is 156 cm³/mol. The van der Waals surface area contributed by atoms with E-state index in [0.29, 0.717) is 5.92 Å². The summed E-state index contributed by atoms with van der Waals surface area (Å²) < 4.78 is 0. The second-order valence-electron chi connectivity index (χ2n) is 12.3. The van der Waals surface area contributed by atoms with Crippen LogP contribution in [-0.4, -0.2) is 0 Å². The number of hydrogen-bond acceptors (Lipinski definition) is 2. The van der Waals surface area contributed by atoms with Crippen LogP contribution in [0.15, 0.2) is 103 Å². The monoisotopic (exact) mass is 474 g/mol. The van der Waals surface area contributed by atoms with Gasteiger partial charge in [0.2, 0.25) is 0 Å². The Morgan fingerprint density at radius 1 is 0.500 bits per heavy atom. The molecule has 0 N–H and O–H groups in total. The molecule has 0 saturated carbocycles. The lowest BCUT2D eigenvalue weighted by Gasteiger charge is -2.40. The van der Waals surface area contributed by atoms with Crippen molar-refractivity contribution in [3.8, 4) is 0 Å². The number of para-hydroxylation sites is 5. The van der Waals surface area contributed by atoms with E-state index < -0.39 is 0 Å². The molecule has 0 saturated heterocycles. The third-order valence-corrected chi connectivity index (χ3v) is 7.16. The maximum Gasteiger partial charge on any atom is 0.0703 e. The lowest BCUT2D eigenvalue weighted by atomic mass is 9.69. The number of anilines is 6. The maximum absolute atomic E-state index is 2.41. The van der Waals surface area contributed by atoms with Gasteiger partial charge in [0.1, 0.15) is 0 Å². The van der Waals surface area contributed by atoms with Crippen LogP contribution < -0.4 is 9.80 Å². The Morgan fingerprint density at radius 3 is 1.28 bits per heavy atom. The first kappa shape index (κ1) is 24.2. The fourth-order valence-corrected chi connectivity index (χ4v) is 5.47. The van der Waals surface area contributed by atoms with Crippen molar-refractivity contribution >= 4 is 34.1 Å². The average molecular weight is 475 g/mol. The van der Waals surface area contributed by atoms with Crippen molar-refractivity contribution in [2.45, 2.75) is 53.9 Å². The average Bonchev–Trinajstić information content (AvgIpc) is 2.85. The van der Waals surface area contributed by atoms with Crippen molar-refractivity contribution < 1.29 is 0 Å². The van der Waals surface area contributed by atoms with Gasteiger partial charge in [-0.05, 0) is 77.3 Å². The molecule has 0 fully saturated rings. The molecule has 0 aliphatic carbocycles. The summed E-state index contributed by atoms with van der Waals surface area (Å²) in [7, 11) is 0. The minimum atomic E-state index is 0.204. The van der Waals surface area contributed by atoms with Crippen molar-refractivity contribution in [2.24, 2.45) is 10.8 Å². The summed E-state index contributed by atoms with van der Waals surface area (Å²) in [4.78, 5) is 4.78. The number of rotatable bonds is 4. The van der Waals surface area contributed by atoms with Crippen LogP contribution in [0.4, 0.5) is 34.1 Å². The molecule has 1 aliphatic rings. The highest BCUT2D eigenvalue weighted by molar-refractivity contribution is 6.01. The Labute approximate surface area is 217 Å². The molecule has 0 bridgehead atoms. The molecule has 4 aromatic rings. The molecule has 1 aliphatic heterocycles. The van der Waals surface area contributed by atoms with Gasteiger partial charge in [0, 0.05) is 11.4 Å². The molecule has 36 heavy (non-hydrogen) atoms. The van der Waals surface area contributed by atoms with Gasteiger partial charge in [-0.2, -0.15) is 0 Å². The Hall–Kier alpha value is -3.52. The highest BCUT2D eigenvalue weighted by Gasteiger charge is 2.32. The van der Waals surface area contributed by atoms with Gasteiger partial charge in [-0.1, -0.05) is 96.1 Å². The molecule has 5 rings (SSSR count). The molecule has 1 unspecified atom stereocenters. The first-order valence-corrected chi connectivity index (χ1v) is 13.1. The number of fused-ring (bicyclic) bond motifs is 2. The van der Waals surface area contributed by atoms with E-state index >= 15 is 0 Å². The third kappa shape index (κ3) is 4.65. The molecular formula is C34H38N2. The van der Waals surface area contributed by atoms with Crippen molar-refractivity contribution in [3.05, 3.63) is 109 Å². The second kappa shape index (κ2) is 9.17. The zero-order valence-corrected chi connectivity index (χ0v) is 22.5. The van der Waals surface area contributed by atoms with Crippen molar-refractivity contribution in [2.75, 3.05) is 9.80 Å². The van der Waals surface area contributed by atoms with Gasteiger partial charge >= 0.3 is 0 Å². The second-order valence-corrected chi connectivity index (χ2v) is 12.3. The van der Waals surface area contributed by atoms with Crippen LogP contribution in [0, 0.1) is 10.8 Å². The van der Waals surface area contributed by atoms with Crippen LogP contribution in [0.25, 0.3) is 0 Å². The standard InChI is InChI=1S/C34H38N2/c1-33(2,3)24-28(34(4,5)6)25-20-22-27(23-21-25)36-31-18-12-10-16-29(31)35(26-14-8-7-9-15-26)30-17-11-13-19-32(30)36/h7-23,28H,24H2,1-6H3. The zero-order chi connectivity index (χ0) is 25.5. The predicted octanol–water partition coefficient (Wildman–Crippen LogP) is 10.5. The highest BCUT2D eigenvalue weighted by atomic mass is 15.3. The van der Waals surface area contributed by atoms with Crippen LogP contribution in [0.1, 0.15) is 59.4 Å². The first-order valence-electron chi connectivity index (χ1n) is 13.1. The van der Waals surface area contributed by atoms with Gasteiger partial charge in [0.05, 0.1) is 22.7 Å². The summed E-state index contributed by atoms with van der Waals surface area (Å²) in [5, 5.41) is 0. The lowest BCUT2D eigenvalue weighted by molar-refractivity contribution is 0.229. The molecule has 1 atom stereocenters. The summed E-state index contributed by atoms with van der Waals surface area (Å²) in [5.74, 6) is 0.501. The molecule has 2 heteroatoms. The summed E-state index contributed by atoms with van der Waals surface area (Å²) in [6.07, 6.45) is 1.16. The number of nitrogens with zero attached hydrogens (tertiary/aromatic N) is 2. The van der Waals surface area contributed by atoms with Crippen LogP contribution in [-0.2, 0) is 0 Å². The molecule has 0 spiro atoms. The Bertz CT molecular complexity index is 1280. The SMILES string of the molecule is CC(C)(C)CC(c1ccc(N2c3ccccc3N(c3ccccc3)c3ccccc32)cc1)C(C)(C)C. The van der Waals surface area contributed by atoms with E-state index in [0.717, 1.165) is 6.42 Å². The van der Waals surface area contributed by atoms with Gasteiger partial charge in [-0.15, -0.1) is 0 Å². The Balaban J connectivity index is 1.61. The fourth-order valence-electron chi connectivity index (χ4n) is 5.47. The van der Waals surface area contributed by atoms with Crippen molar-refractivity contribution in [1.82, 2.24) is 0 Å². The van der Waals surface area contributed by atoms with E-state index in [-0.39, 0.29) is 10.8 Å². The van der Waals surface area contributed by atoms with Crippen LogP contribution in [0.2, 0.25) is 0 Å². The van der Waals surface area contributed by atoms with Crippen molar-refractivity contribution in [3.63, 3.8) is 0 Å². The molecule has 1 heterocycles.